The minimum atomic E-state index is -0.301. The predicted octanol–water partition coefficient (Wildman–Crippen LogP) is 4.23. The minimum absolute atomic E-state index is 0.154. The maximum absolute atomic E-state index is 13.9. The van der Waals surface area contributed by atoms with Crippen molar-refractivity contribution in [1.29, 1.82) is 0 Å². The van der Waals surface area contributed by atoms with Crippen molar-refractivity contribution in [2.45, 2.75) is 40.2 Å². The summed E-state index contributed by atoms with van der Waals surface area (Å²) < 4.78 is 19.3. The van der Waals surface area contributed by atoms with Crippen molar-refractivity contribution in [3.8, 4) is 5.75 Å². The van der Waals surface area contributed by atoms with Gasteiger partial charge in [0.2, 0.25) is 0 Å². The van der Waals surface area contributed by atoms with Crippen molar-refractivity contribution in [1.82, 2.24) is 5.32 Å². The first-order chi connectivity index (χ1) is 9.04. The largest absolute Gasteiger partial charge is 0.486 e. The fourth-order valence-electron chi connectivity index (χ4n) is 1.68. The molecule has 3 heteroatoms. The van der Waals surface area contributed by atoms with E-state index in [2.05, 4.69) is 12.2 Å². The summed E-state index contributed by atoms with van der Waals surface area (Å²) in [6.45, 7) is 9.46. The first kappa shape index (κ1) is 15.7. The van der Waals surface area contributed by atoms with Crippen LogP contribution in [0.3, 0.4) is 0 Å². The third kappa shape index (κ3) is 5.43. The summed E-state index contributed by atoms with van der Waals surface area (Å²) in [5.74, 6) is 0.00810. The van der Waals surface area contributed by atoms with Gasteiger partial charge in [0.15, 0.2) is 11.6 Å². The molecule has 0 aliphatic carbocycles. The maximum atomic E-state index is 13.9. The molecule has 1 N–H and O–H groups in total. The Morgan fingerprint density at radius 3 is 2.74 bits per heavy atom. The number of hydrogen-bond acceptors (Lipinski definition) is 2. The molecule has 0 aliphatic heterocycles. The standard InChI is InChI=1S/C16H24FNO/c1-5-9-18-13(4)14-6-7-16(15(17)11-14)19-10-8-12(2)3/h6-8,11,13,18H,5,9-10H2,1-4H3. The molecular weight excluding hydrogens is 241 g/mol. The Kier molecular flexibility index (Phi) is 6.57. The molecule has 0 spiro atoms. The van der Waals surface area contributed by atoms with Gasteiger partial charge in [-0.05, 0) is 57.5 Å². The Morgan fingerprint density at radius 2 is 2.16 bits per heavy atom. The lowest BCUT2D eigenvalue weighted by molar-refractivity contribution is 0.340. The Bertz CT molecular complexity index is 425. The molecule has 0 aliphatic rings. The minimum Gasteiger partial charge on any atom is -0.486 e. The first-order valence-corrected chi connectivity index (χ1v) is 6.83. The molecule has 0 saturated heterocycles. The Balaban J connectivity index is 2.66. The van der Waals surface area contributed by atoms with Crippen LogP contribution < -0.4 is 10.1 Å². The zero-order valence-electron chi connectivity index (χ0n) is 12.3. The van der Waals surface area contributed by atoms with Crippen LogP contribution in [0.25, 0.3) is 0 Å². The maximum Gasteiger partial charge on any atom is 0.165 e. The number of allylic oxidation sites excluding steroid dienone is 1. The Labute approximate surface area is 115 Å². The molecule has 0 aromatic heterocycles. The van der Waals surface area contributed by atoms with Crippen LogP contribution in [-0.4, -0.2) is 13.2 Å². The number of halogens is 1. The van der Waals surface area contributed by atoms with Crippen LogP contribution in [0, 0.1) is 5.82 Å². The van der Waals surface area contributed by atoms with Crippen molar-refractivity contribution in [2.24, 2.45) is 0 Å². The molecule has 0 heterocycles. The highest BCUT2D eigenvalue weighted by atomic mass is 19.1. The summed E-state index contributed by atoms with van der Waals surface area (Å²) in [7, 11) is 0. The van der Waals surface area contributed by atoms with Crippen LogP contribution in [0.1, 0.15) is 45.7 Å². The van der Waals surface area contributed by atoms with Crippen LogP contribution in [0.5, 0.6) is 5.75 Å². The van der Waals surface area contributed by atoms with E-state index in [4.69, 9.17) is 4.74 Å². The van der Waals surface area contributed by atoms with Crippen LogP contribution in [-0.2, 0) is 0 Å². The number of nitrogens with one attached hydrogen (secondary N) is 1. The summed E-state index contributed by atoms with van der Waals surface area (Å²) in [5.41, 5.74) is 2.11. The third-order valence-electron chi connectivity index (χ3n) is 2.89. The molecule has 2 nitrogen and oxygen atoms in total. The fraction of sp³-hybridized carbons (Fsp3) is 0.500. The Morgan fingerprint density at radius 1 is 1.42 bits per heavy atom. The highest BCUT2D eigenvalue weighted by Gasteiger charge is 2.09. The van der Waals surface area contributed by atoms with E-state index in [-0.39, 0.29) is 11.9 Å². The van der Waals surface area contributed by atoms with Gasteiger partial charge in [-0.3, -0.25) is 0 Å². The van der Waals surface area contributed by atoms with Crippen molar-refractivity contribution >= 4 is 0 Å². The lowest BCUT2D eigenvalue weighted by Gasteiger charge is -2.14. The van der Waals surface area contributed by atoms with Gasteiger partial charge in [0.1, 0.15) is 6.61 Å². The molecule has 0 bridgehead atoms. The molecule has 1 aromatic carbocycles. The molecule has 0 amide bonds. The van der Waals surface area contributed by atoms with E-state index >= 15 is 0 Å². The van der Waals surface area contributed by atoms with Gasteiger partial charge in [-0.25, -0.2) is 4.39 Å². The van der Waals surface area contributed by atoms with E-state index in [9.17, 15) is 4.39 Å². The highest BCUT2D eigenvalue weighted by Crippen LogP contribution is 2.22. The van der Waals surface area contributed by atoms with Gasteiger partial charge < -0.3 is 10.1 Å². The topological polar surface area (TPSA) is 21.3 Å². The van der Waals surface area contributed by atoms with Crippen molar-refractivity contribution in [2.75, 3.05) is 13.2 Å². The molecule has 1 rings (SSSR count). The average molecular weight is 265 g/mol. The highest BCUT2D eigenvalue weighted by molar-refractivity contribution is 5.31. The summed E-state index contributed by atoms with van der Waals surface area (Å²) in [6, 6.07) is 5.31. The Hall–Kier alpha value is -1.35. The van der Waals surface area contributed by atoms with Gasteiger partial charge >= 0.3 is 0 Å². The molecule has 0 fully saturated rings. The third-order valence-corrected chi connectivity index (χ3v) is 2.89. The summed E-state index contributed by atoms with van der Waals surface area (Å²) in [4.78, 5) is 0. The van der Waals surface area contributed by atoms with E-state index in [1.807, 2.05) is 32.9 Å². The molecular formula is C16H24FNO. The normalized spacial score (nSPS) is 12.1. The lowest BCUT2D eigenvalue weighted by Crippen LogP contribution is -2.19. The zero-order chi connectivity index (χ0) is 14.3. The van der Waals surface area contributed by atoms with Gasteiger partial charge in [0, 0.05) is 6.04 Å². The molecule has 1 aromatic rings. The molecule has 1 atom stereocenters. The van der Waals surface area contributed by atoms with Crippen LogP contribution in [0.4, 0.5) is 4.39 Å². The van der Waals surface area contributed by atoms with Gasteiger partial charge in [-0.1, -0.05) is 18.6 Å². The molecule has 1 unspecified atom stereocenters. The van der Waals surface area contributed by atoms with E-state index in [0.29, 0.717) is 12.4 Å². The zero-order valence-corrected chi connectivity index (χ0v) is 12.3. The SMILES string of the molecule is CCCNC(C)c1ccc(OCC=C(C)C)c(F)c1. The second kappa shape index (κ2) is 7.95. The first-order valence-electron chi connectivity index (χ1n) is 6.83. The van der Waals surface area contributed by atoms with Crippen molar-refractivity contribution in [3.63, 3.8) is 0 Å². The smallest absolute Gasteiger partial charge is 0.165 e. The van der Waals surface area contributed by atoms with Crippen molar-refractivity contribution < 1.29 is 9.13 Å². The average Bonchev–Trinajstić information content (AvgIpc) is 2.37. The lowest BCUT2D eigenvalue weighted by atomic mass is 10.1. The second-order valence-corrected chi connectivity index (χ2v) is 4.96. The van der Waals surface area contributed by atoms with E-state index in [0.717, 1.165) is 24.1 Å². The second-order valence-electron chi connectivity index (χ2n) is 4.96. The van der Waals surface area contributed by atoms with E-state index in [1.54, 1.807) is 12.1 Å². The summed E-state index contributed by atoms with van der Waals surface area (Å²) >= 11 is 0. The van der Waals surface area contributed by atoms with Crippen LogP contribution >= 0.6 is 0 Å². The van der Waals surface area contributed by atoms with E-state index < -0.39 is 0 Å². The molecule has 0 radical (unpaired) electrons. The van der Waals surface area contributed by atoms with E-state index in [1.165, 1.54) is 0 Å². The molecule has 0 saturated carbocycles. The quantitative estimate of drug-likeness (QED) is 0.745. The number of benzene rings is 1. The van der Waals surface area contributed by atoms with Crippen LogP contribution in [0.15, 0.2) is 29.8 Å². The van der Waals surface area contributed by atoms with Gasteiger partial charge in [-0.2, -0.15) is 0 Å². The monoisotopic (exact) mass is 265 g/mol. The number of rotatable bonds is 7. The van der Waals surface area contributed by atoms with Gasteiger partial charge in [0.25, 0.3) is 0 Å². The van der Waals surface area contributed by atoms with Crippen LogP contribution in [0.2, 0.25) is 0 Å². The number of hydrogen-bond donors (Lipinski definition) is 1. The van der Waals surface area contributed by atoms with Crippen molar-refractivity contribution in [3.05, 3.63) is 41.2 Å². The fourth-order valence-corrected chi connectivity index (χ4v) is 1.68. The predicted molar refractivity (Wildman–Crippen MR) is 78.0 cm³/mol. The summed E-state index contributed by atoms with van der Waals surface area (Å²) in [5, 5.41) is 3.34. The molecule has 106 valence electrons. The van der Waals surface area contributed by atoms with Gasteiger partial charge in [-0.15, -0.1) is 0 Å². The number of ether oxygens (including phenoxy) is 1. The van der Waals surface area contributed by atoms with Gasteiger partial charge in [0.05, 0.1) is 0 Å². The summed E-state index contributed by atoms with van der Waals surface area (Å²) in [6.07, 6.45) is 3.00. The molecule has 19 heavy (non-hydrogen) atoms.